The molecule has 2 aromatic rings. The molecule has 19 heavy (non-hydrogen) atoms. The zero-order valence-electron chi connectivity index (χ0n) is 11.7. The number of benzene rings is 2. The summed E-state index contributed by atoms with van der Waals surface area (Å²) in [7, 11) is 0. The van der Waals surface area contributed by atoms with Crippen LogP contribution in [0.1, 0.15) is 42.6 Å². The van der Waals surface area contributed by atoms with Crippen molar-refractivity contribution in [2.45, 2.75) is 32.9 Å². The molecule has 100 valence electrons. The zero-order chi connectivity index (χ0) is 13.8. The van der Waals surface area contributed by atoms with Crippen molar-refractivity contribution in [3.63, 3.8) is 0 Å². The third-order valence-electron chi connectivity index (χ3n) is 3.52. The van der Waals surface area contributed by atoms with Crippen molar-refractivity contribution in [2.75, 3.05) is 0 Å². The van der Waals surface area contributed by atoms with Crippen LogP contribution in [0.5, 0.6) is 0 Å². The van der Waals surface area contributed by atoms with E-state index in [1.165, 1.54) is 16.7 Å². The van der Waals surface area contributed by atoms with Gasteiger partial charge < -0.3 is 5.32 Å². The fourth-order valence-electron chi connectivity index (χ4n) is 2.39. The van der Waals surface area contributed by atoms with Gasteiger partial charge in [-0.1, -0.05) is 52.3 Å². The van der Waals surface area contributed by atoms with Gasteiger partial charge in [-0.2, -0.15) is 0 Å². The van der Waals surface area contributed by atoms with Crippen LogP contribution < -0.4 is 5.32 Å². The Morgan fingerprint density at radius 3 is 2.16 bits per heavy atom. The number of rotatable bonds is 4. The minimum atomic E-state index is 0.336. The van der Waals surface area contributed by atoms with Gasteiger partial charge >= 0.3 is 0 Å². The van der Waals surface area contributed by atoms with Gasteiger partial charge in [-0.15, -0.1) is 0 Å². The van der Waals surface area contributed by atoms with Crippen LogP contribution in [0.2, 0.25) is 0 Å². The number of nitrogens with one attached hydrogen (secondary N) is 1. The Balaban J connectivity index is 2.08. The Bertz CT molecular complexity index is 533. The molecule has 0 saturated carbocycles. The van der Waals surface area contributed by atoms with E-state index in [0.717, 1.165) is 4.47 Å². The van der Waals surface area contributed by atoms with Gasteiger partial charge in [0.25, 0.3) is 0 Å². The van der Waals surface area contributed by atoms with E-state index in [1.807, 2.05) is 0 Å². The average Bonchev–Trinajstić information content (AvgIpc) is 2.39. The Hall–Kier alpha value is -1.12. The average molecular weight is 318 g/mol. The molecule has 0 radical (unpaired) electrons. The summed E-state index contributed by atoms with van der Waals surface area (Å²) in [6, 6.07) is 17.7. The molecule has 0 saturated heterocycles. The molecule has 1 nitrogen and oxygen atoms in total. The third-order valence-corrected chi connectivity index (χ3v) is 4.05. The molecule has 1 N–H and O–H groups in total. The summed E-state index contributed by atoms with van der Waals surface area (Å²) in [5.41, 5.74) is 4.01. The van der Waals surface area contributed by atoms with Gasteiger partial charge in [-0.3, -0.25) is 0 Å². The molecule has 0 bridgehead atoms. The van der Waals surface area contributed by atoms with Crippen LogP contribution in [0.15, 0.2) is 53.0 Å². The molecule has 0 fully saturated rings. The van der Waals surface area contributed by atoms with E-state index in [0.29, 0.717) is 12.1 Å². The van der Waals surface area contributed by atoms with Crippen LogP contribution in [0.3, 0.4) is 0 Å². The minimum Gasteiger partial charge on any atom is -0.304 e. The maximum atomic E-state index is 3.66. The molecule has 2 heteroatoms. The molecule has 0 heterocycles. The van der Waals surface area contributed by atoms with Crippen molar-refractivity contribution in [3.8, 4) is 0 Å². The SMILES string of the molecule is Cc1ccccc1[C@H](C)NC(C)c1ccc(Br)cc1. The van der Waals surface area contributed by atoms with E-state index in [2.05, 4.69) is 90.5 Å². The van der Waals surface area contributed by atoms with Crippen LogP contribution >= 0.6 is 15.9 Å². The van der Waals surface area contributed by atoms with E-state index < -0.39 is 0 Å². The lowest BCUT2D eigenvalue weighted by molar-refractivity contribution is 0.493. The predicted octanol–water partition coefficient (Wildman–Crippen LogP) is 5.17. The highest BCUT2D eigenvalue weighted by Crippen LogP contribution is 2.22. The Labute approximate surface area is 124 Å². The summed E-state index contributed by atoms with van der Waals surface area (Å²) in [6.07, 6.45) is 0. The summed E-state index contributed by atoms with van der Waals surface area (Å²) >= 11 is 3.47. The van der Waals surface area contributed by atoms with Crippen molar-refractivity contribution < 1.29 is 0 Å². The molecule has 0 aliphatic heterocycles. The Kier molecular flexibility index (Phi) is 4.78. The summed E-state index contributed by atoms with van der Waals surface area (Å²) in [6.45, 7) is 6.59. The van der Waals surface area contributed by atoms with Gasteiger partial charge in [0.1, 0.15) is 0 Å². The lowest BCUT2D eigenvalue weighted by atomic mass is 10.0. The van der Waals surface area contributed by atoms with Crippen molar-refractivity contribution in [3.05, 3.63) is 69.7 Å². The van der Waals surface area contributed by atoms with Crippen LogP contribution in [0, 0.1) is 6.92 Å². The summed E-state index contributed by atoms with van der Waals surface area (Å²) in [5, 5.41) is 3.66. The van der Waals surface area contributed by atoms with Crippen molar-refractivity contribution in [2.24, 2.45) is 0 Å². The highest BCUT2D eigenvalue weighted by atomic mass is 79.9. The maximum Gasteiger partial charge on any atom is 0.0300 e. The third kappa shape index (κ3) is 3.68. The van der Waals surface area contributed by atoms with Gasteiger partial charge in [0.05, 0.1) is 0 Å². The molecule has 0 spiro atoms. The quantitative estimate of drug-likeness (QED) is 0.820. The minimum absolute atomic E-state index is 0.336. The van der Waals surface area contributed by atoms with E-state index >= 15 is 0 Å². The van der Waals surface area contributed by atoms with E-state index in [1.54, 1.807) is 0 Å². The van der Waals surface area contributed by atoms with Gasteiger partial charge in [-0.25, -0.2) is 0 Å². The highest BCUT2D eigenvalue weighted by Gasteiger charge is 2.12. The highest BCUT2D eigenvalue weighted by molar-refractivity contribution is 9.10. The first-order chi connectivity index (χ1) is 9.08. The van der Waals surface area contributed by atoms with Crippen molar-refractivity contribution in [1.82, 2.24) is 5.32 Å². The molecule has 2 atom stereocenters. The lowest BCUT2D eigenvalue weighted by Gasteiger charge is -2.22. The predicted molar refractivity (Wildman–Crippen MR) is 85.3 cm³/mol. The molecular formula is C17H20BrN. The van der Waals surface area contributed by atoms with Gasteiger partial charge in [-0.05, 0) is 49.6 Å². The fourth-order valence-corrected chi connectivity index (χ4v) is 2.65. The second-order valence-electron chi connectivity index (χ2n) is 5.02. The smallest absolute Gasteiger partial charge is 0.0300 e. The van der Waals surface area contributed by atoms with Crippen LogP contribution in [-0.2, 0) is 0 Å². The number of aryl methyl sites for hydroxylation is 1. The molecule has 0 aliphatic rings. The number of hydrogen-bond acceptors (Lipinski definition) is 1. The molecule has 0 aromatic heterocycles. The number of hydrogen-bond donors (Lipinski definition) is 1. The maximum absolute atomic E-state index is 3.66. The van der Waals surface area contributed by atoms with Crippen LogP contribution in [-0.4, -0.2) is 0 Å². The second kappa shape index (κ2) is 6.36. The number of halogens is 1. The molecule has 0 amide bonds. The summed E-state index contributed by atoms with van der Waals surface area (Å²) < 4.78 is 1.12. The van der Waals surface area contributed by atoms with Gasteiger partial charge in [0, 0.05) is 16.6 Å². The summed E-state index contributed by atoms with van der Waals surface area (Å²) in [4.78, 5) is 0. The van der Waals surface area contributed by atoms with Crippen molar-refractivity contribution >= 4 is 15.9 Å². The first-order valence-electron chi connectivity index (χ1n) is 6.65. The van der Waals surface area contributed by atoms with Crippen LogP contribution in [0.25, 0.3) is 0 Å². The van der Waals surface area contributed by atoms with E-state index in [4.69, 9.17) is 0 Å². The van der Waals surface area contributed by atoms with E-state index in [9.17, 15) is 0 Å². The lowest BCUT2D eigenvalue weighted by Crippen LogP contribution is -2.23. The second-order valence-corrected chi connectivity index (χ2v) is 5.93. The van der Waals surface area contributed by atoms with Crippen LogP contribution in [0.4, 0.5) is 0 Å². The normalized spacial score (nSPS) is 14.1. The summed E-state index contributed by atoms with van der Waals surface area (Å²) in [5.74, 6) is 0. The molecule has 2 rings (SSSR count). The fraction of sp³-hybridized carbons (Fsp3) is 0.294. The largest absolute Gasteiger partial charge is 0.304 e. The van der Waals surface area contributed by atoms with Gasteiger partial charge in [0.15, 0.2) is 0 Å². The molecule has 0 aliphatic carbocycles. The Morgan fingerprint density at radius 2 is 1.53 bits per heavy atom. The first kappa shape index (κ1) is 14.3. The zero-order valence-corrected chi connectivity index (χ0v) is 13.2. The topological polar surface area (TPSA) is 12.0 Å². The first-order valence-corrected chi connectivity index (χ1v) is 7.44. The standard InChI is InChI=1S/C17H20BrN/c1-12-6-4-5-7-17(12)14(3)19-13(2)15-8-10-16(18)11-9-15/h4-11,13-14,19H,1-3H3/t13?,14-/m0/s1. The molecular weight excluding hydrogens is 298 g/mol. The molecule has 1 unspecified atom stereocenters. The molecule has 2 aromatic carbocycles. The monoisotopic (exact) mass is 317 g/mol. The Morgan fingerprint density at radius 1 is 0.895 bits per heavy atom. The van der Waals surface area contributed by atoms with Gasteiger partial charge in [0.2, 0.25) is 0 Å². The van der Waals surface area contributed by atoms with Crippen molar-refractivity contribution in [1.29, 1.82) is 0 Å². The van der Waals surface area contributed by atoms with E-state index in [-0.39, 0.29) is 0 Å².